The highest BCUT2D eigenvalue weighted by Gasteiger charge is 2.10. The fourth-order valence-corrected chi connectivity index (χ4v) is 1.38. The van der Waals surface area contributed by atoms with Gasteiger partial charge in [0.05, 0.1) is 12.3 Å². The van der Waals surface area contributed by atoms with Gasteiger partial charge in [-0.2, -0.15) is 14.9 Å². The summed E-state index contributed by atoms with van der Waals surface area (Å²) in [5.41, 5.74) is -0.294. The molecule has 0 fully saturated rings. The van der Waals surface area contributed by atoms with Crippen molar-refractivity contribution in [3.63, 3.8) is 0 Å². The molecule has 0 bridgehead atoms. The molecular formula is C9H7N5O4S. The first kappa shape index (κ1) is 12.8. The van der Waals surface area contributed by atoms with Crippen LogP contribution in [0.5, 0.6) is 0 Å². The Balaban J connectivity index is 2.38. The Bertz CT molecular complexity index is 771. The normalized spacial score (nSPS) is 11.0. The van der Waals surface area contributed by atoms with Crippen molar-refractivity contribution >= 4 is 24.3 Å². The number of aryl methyl sites for hydroxylation is 1. The standard InChI is InChI=1S/C9H7N5O4S/c1-5-8(15)13(9(19)12-11-5)10-4-6-2-3-7(18-6)14(16)17/h2-4H,1H3,(H,12,19)/b10-4+. The van der Waals surface area contributed by atoms with Crippen molar-refractivity contribution in [2.75, 3.05) is 0 Å². The number of nitro groups is 1. The number of nitrogens with one attached hydrogen (secondary N) is 1. The summed E-state index contributed by atoms with van der Waals surface area (Å²) in [6, 6.07) is 2.54. The number of aromatic nitrogens is 3. The molecule has 0 aliphatic heterocycles. The molecule has 0 saturated carbocycles. The molecule has 10 heteroatoms. The second-order valence-electron chi connectivity index (χ2n) is 3.41. The maximum absolute atomic E-state index is 11.7. The molecule has 2 aromatic heterocycles. The summed E-state index contributed by atoms with van der Waals surface area (Å²) in [5.74, 6) is -0.285. The Kier molecular flexibility index (Phi) is 3.33. The van der Waals surface area contributed by atoms with Crippen LogP contribution in [0.3, 0.4) is 0 Å². The molecule has 0 aliphatic rings. The average Bonchev–Trinajstić information content (AvgIpc) is 2.83. The van der Waals surface area contributed by atoms with Gasteiger partial charge in [0.25, 0.3) is 5.56 Å². The van der Waals surface area contributed by atoms with Gasteiger partial charge in [0, 0.05) is 0 Å². The van der Waals surface area contributed by atoms with Gasteiger partial charge in [-0.1, -0.05) is 0 Å². The number of aromatic amines is 1. The van der Waals surface area contributed by atoms with Gasteiger partial charge in [-0.3, -0.25) is 20.0 Å². The van der Waals surface area contributed by atoms with E-state index >= 15 is 0 Å². The van der Waals surface area contributed by atoms with E-state index in [0.717, 1.165) is 10.9 Å². The van der Waals surface area contributed by atoms with E-state index in [1.54, 1.807) is 0 Å². The Morgan fingerprint density at radius 1 is 1.63 bits per heavy atom. The van der Waals surface area contributed by atoms with Crippen LogP contribution in [0.15, 0.2) is 26.4 Å². The lowest BCUT2D eigenvalue weighted by atomic mass is 10.5. The molecule has 19 heavy (non-hydrogen) atoms. The lowest BCUT2D eigenvalue weighted by Crippen LogP contribution is -2.22. The fourth-order valence-electron chi connectivity index (χ4n) is 1.20. The topological polar surface area (TPSA) is 119 Å². The zero-order valence-corrected chi connectivity index (χ0v) is 10.4. The third kappa shape index (κ3) is 2.63. The van der Waals surface area contributed by atoms with E-state index in [9.17, 15) is 14.9 Å². The second kappa shape index (κ2) is 4.94. The third-order valence-electron chi connectivity index (χ3n) is 2.11. The van der Waals surface area contributed by atoms with E-state index in [-0.39, 0.29) is 16.2 Å². The van der Waals surface area contributed by atoms with Crippen LogP contribution in [0.25, 0.3) is 0 Å². The molecule has 0 saturated heterocycles. The Labute approximate surface area is 110 Å². The summed E-state index contributed by atoms with van der Waals surface area (Å²) >= 11 is 4.85. The van der Waals surface area contributed by atoms with Gasteiger partial charge in [0.15, 0.2) is 5.76 Å². The van der Waals surface area contributed by atoms with Crippen molar-refractivity contribution < 1.29 is 9.34 Å². The Morgan fingerprint density at radius 2 is 2.37 bits per heavy atom. The molecule has 98 valence electrons. The predicted molar refractivity (Wildman–Crippen MR) is 66.8 cm³/mol. The number of nitrogens with zero attached hydrogens (tertiary/aromatic N) is 4. The lowest BCUT2D eigenvalue weighted by molar-refractivity contribution is -0.402. The monoisotopic (exact) mass is 281 g/mol. The summed E-state index contributed by atoms with van der Waals surface area (Å²) in [6.07, 6.45) is 1.15. The zero-order valence-electron chi connectivity index (χ0n) is 9.56. The minimum Gasteiger partial charge on any atom is -0.400 e. The van der Waals surface area contributed by atoms with Gasteiger partial charge < -0.3 is 4.42 Å². The minimum absolute atomic E-state index is 0.00732. The number of rotatable bonds is 3. The molecule has 2 aromatic rings. The molecule has 0 unspecified atom stereocenters. The maximum atomic E-state index is 11.7. The predicted octanol–water partition coefficient (Wildman–Crippen LogP) is 0.993. The van der Waals surface area contributed by atoms with Crippen molar-refractivity contribution in [2.24, 2.45) is 5.10 Å². The van der Waals surface area contributed by atoms with Gasteiger partial charge in [-0.05, 0) is 25.2 Å². The van der Waals surface area contributed by atoms with E-state index in [0.29, 0.717) is 0 Å². The minimum atomic E-state index is -0.674. The molecule has 9 nitrogen and oxygen atoms in total. The smallest absolute Gasteiger partial charge is 0.400 e. The molecule has 0 amide bonds. The summed E-state index contributed by atoms with van der Waals surface area (Å²) in [4.78, 5) is 21.4. The molecule has 0 spiro atoms. The summed E-state index contributed by atoms with van der Waals surface area (Å²) in [5, 5.41) is 20.3. The zero-order chi connectivity index (χ0) is 14.0. The third-order valence-corrected chi connectivity index (χ3v) is 2.37. The van der Waals surface area contributed by atoms with Crippen molar-refractivity contribution in [1.29, 1.82) is 0 Å². The highest BCUT2D eigenvalue weighted by molar-refractivity contribution is 7.71. The number of hydrogen-bond donors (Lipinski definition) is 1. The first-order valence-electron chi connectivity index (χ1n) is 4.96. The van der Waals surface area contributed by atoms with Crippen LogP contribution in [0.4, 0.5) is 5.88 Å². The van der Waals surface area contributed by atoms with Crippen LogP contribution in [-0.4, -0.2) is 26.0 Å². The Hall–Kier alpha value is -2.62. The van der Waals surface area contributed by atoms with Gasteiger partial charge in [-0.15, -0.1) is 0 Å². The van der Waals surface area contributed by atoms with Crippen molar-refractivity contribution in [1.82, 2.24) is 14.9 Å². The summed E-state index contributed by atoms with van der Waals surface area (Å²) in [7, 11) is 0. The molecular weight excluding hydrogens is 274 g/mol. The van der Waals surface area contributed by atoms with Crippen LogP contribution in [0, 0.1) is 21.8 Å². The highest BCUT2D eigenvalue weighted by Crippen LogP contribution is 2.13. The SMILES string of the molecule is Cc1n[nH]c(=S)n(/N=C/c2ccc([N+](=O)[O-])o2)c1=O. The molecule has 2 rings (SSSR count). The van der Waals surface area contributed by atoms with Gasteiger partial charge in [0.1, 0.15) is 10.6 Å². The summed E-state index contributed by atoms with van der Waals surface area (Å²) in [6.45, 7) is 1.50. The van der Waals surface area contributed by atoms with Gasteiger partial charge >= 0.3 is 5.88 Å². The molecule has 0 radical (unpaired) electrons. The number of hydrogen-bond acceptors (Lipinski definition) is 7. The quantitative estimate of drug-likeness (QED) is 0.388. The second-order valence-corrected chi connectivity index (χ2v) is 3.80. The molecule has 0 aromatic carbocycles. The van der Waals surface area contributed by atoms with Crippen LogP contribution in [-0.2, 0) is 0 Å². The van der Waals surface area contributed by atoms with Crippen LogP contribution >= 0.6 is 12.2 Å². The van der Waals surface area contributed by atoms with Gasteiger partial charge in [0.2, 0.25) is 4.77 Å². The van der Waals surface area contributed by atoms with Crippen LogP contribution in [0.2, 0.25) is 0 Å². The Morgan fingerprint density at radius 3 is 3.00 bits per heavy atom. The van der Waals surface area contributed by atoms with Crippen molar-refractivity contribution in [3.8, 4) is 0 Å². The first-order valence-corrected chi connectivity index (χ1v) is 5.37. The van der Waals surface area contributed by atoms with E-state index in [1.807, 2.05) is 0 Å². The lowest BCUT2D eigenvalue weighted by Gasteiger charge is -1.97. The molecule has 1 N–H and O–H groups in total. The van der Waals surface area contributed by atoms with Crippen molar-refractivity contribution in [3.05, 3.63) is 48.8 Å². The number of H-pyrrole nitrogens is 1. The molecule has 0 aliphatic carbocycles. The molecule has 2 heterocycles. The summed E-state index contributed by atoms with van der Waals surface area (Å²) < 4.78 is 5.77. The van der Waals surface area contributed by atoms with Crippen molar-refractivity contribution in [2.45, 2.75) is 6.92 Å². The number of furan rings is 1. The molecule has 0 atom stereocenters. The largest absolute Gasteiger partial charge is 0.433 e. The average molecular weight is 281 g/mol. The van der Waals surface area contributed by atoms with Gasteiger partial charge in [-0.25, -0.2) is 0 Å². The van der Waals surface area contributed by atoms with E-state index in [1.165, 1.54) is 19.1 Å². The highest BCUT2D eigenvalue weighted by atomic mass is 32.1. The first-order chi connectivity index (χ1) is 8.99. The van der Waals surface area contributed by atoms with E-state index in [4.69, 9.17) is 16.6 Å². The van der Waals surface area contributed by atoms with Crippen LogP contribution < -0.4 is 5.56 Å². The van der Waals surface area contributed by atoms with E-state index in [2.05, 4.69) is 15.3 Å². The van der Waals surface area contributed by atoms with Crippen LogP contribution in [0.1, 0.15) is 11.5 Å². The van der Waals surface area contributed by atoms with E-state index < -0.39 is 16.4 Å². The maximum Gasteiger partial charge on any atom is 0.433 e. The fraction of sp³-hybridized carbons (Fsp3) is 0.111.